The van der Waals surface area contributed by atoms with E-state index in [4.69, 9.17) is 0 Å². The van der Waals surface area contributed by atoms with E-state index in [2.05, 4.69) is 24.5 Å². The van der Waals surface area contributed by atoms with Gasteiger partial charge in [0.25, 0.3) is 0 Å². The first-order valence-corrected chi connectivity index (χ1v) is 7.23. The molecule has 0 aliphatic carbocycles. The van der Waals surface area contributed by atoms with E-state index in [-0.39, 0.29) is 0 Å². The molecule has 0 spiro atoms. The smallest absolute Gasteiger partial charge is 0.0192 e. The molecule has 2 nitrogen and oxygen atoms in total. The van der Waals surface area contributed by atoms with Crippen LogP contribution in [0.1, 0.15) is 58.8 Å². The van der Waals surface area contributed by atoms with Crippen LogP contribution in [0.3, 0.4) is 0 Å². The molecular weight excluding hydrogens is 196 g/mol. The van der Waals surface area contributed by atoms with Crippen molar-refractivity contribution in [2.75, 3.05) is 19.6 Å². The van der Waals surface area contributed by atoms with Gasteiger partial charge in [-0.25, -0.2) is 0 Å². The van der Waals surface area contributed by atoms with Crippen molar-refractivity contribution in [2.45, 2.75) is 64.8 Å². The standard InChI is InChI=1S/C14H30N2/c1-13(2)8-5-7-10-15-12-14-9-4-3-6-11-16-14/h13-16H,3-12H2,1-2H3. The Morgan fingerprint density at radius 2 is 2.06 bits per heavy atom. The van der Waals surface area contributed by atoms with Gasteiger partial charge in [0, 0.05) is 12.6 Å². The molecule has 1 rings (SSSR count). The monoisotopic (exact) mass is 226 g/mol. The third-order valence-electron chi connectivity index (χ3n) is 3.44. The molecule has 0 radical (unpaired) electrons. The zero-order valence-corrected chi connectivity index (χ0v) is 11.2. The SMILES string of the molecule is CC(C)CCCCNCC1CCCCCN1. The minimum Gasteiger partial charge on any atom is -0.315 e. The molecule has 1 fully saturated rings. The van der Waals surface area contributed by atoms with Crippen LogP contribution in [0.2, 0.25) is 0 Å². The van der Waals surface area contributed by atoms with Crippen LogP contribution in [-0.2, 0) is 0 Å². The van der Waals surface area contributed by atoms with Crippen molar-refractivity contribution in [1.29, 1.82) is 0 Å². The van der Waals surface area contributed by atoms with Gasteiger partial charge in [-0.05, 0) is 38.3 Å². The second kappa shape index (κ2) is 9.00. The van der Waals surface area contributed by atoms with Gasteiger partial charge in [-0.1, -0.05) is 39.5 Å². The van der Waals surface area contributed by atoms with Gasteiger partial charge in [0.05, 0.1) is 0 Å². The van der Waals surface area contributed by atoms with Gasteiger partial charge in [-0.15, -0.1) is 0 Å². The molecule has 1 heterocycles. The third-order valence-corrected chi connectivity index (χ3v) is 3.44. The molecule has 0 aromatic carbocycles. The fourth-order valence-electron chi connectivity index (χ4n) is 2.35. The summed E-state index contributed by atoms with van der Waals surface area (Å²) in [4.78, 5) is 0. The summed E-state index contributed by atoms with van der Waals surface area (Å²) in [7, 11) is 0. The Hall–Kier alpha value is -0.0800. The van der Waals surface area contributed by atoms with Crippen LogP contribution in [0.4, 0.5) is 0 Å². The van der Waals surface area contributed by atoms with Gasteiger partial charge in [0.2, 0.25) is 0 Å². The molecule has 96 valence electrons. The lowest BCUT2D eigenvalue weighted by Crippen LogP contribution is -2.38. The van der Waals surface area contributed by atoms with Crippen LogP contribution in [-0.4, -0.2) is 25.7 Å². The number of unbranched alkanes of at least 4 members (excludes halogenated alkanes) is 1. The van der Waals surface area contributed by atoms with Crippen molar-refractivity contribution >= 4 is 0 Å². The molecule has 1 aliphatic heterocycles. The topological polar surface area (TPSA) is 24.1 Å². The first-order valence-electron chi connectivity index (χ1n) is 7.23. The van der Waals surface area contributed by atoms with Crippen molar-refractivity contribution in [1.82, 2.24) is 10.6 Å². The maximum atomic E-state index is 3.63. The highest BCUT2D eigenvalue weighted by atomic mass is 15.0. The van der Waals surface area contributed by atoms with Crippen molar-refractivity contribution in [3.63, 3.8) is 0 Å². The highest BCUT2D eigenvalue weighted by Gasteiger charge is 2.09. The van der Waals surface area contributed by atoms with Crippen molar-refractivity contribution in [3.8, 4) is 0 Å². The molecule has 0 bridgehead atoms. The average Bonchev–Trinajstić information content (AvgIpc) is 2.51. The van der Waals surface area contributed by atoms with Crippen LogP contribution in [0.15, 0.2) is 0 Å². The molecule has 2 heteroatoms. The molecule has 0 aromatic heterocycles. The maximum absolute atomic E-state index is 3.63. The second-order valence-electron chi connectivity index (χ2n) is 5.59. The fourth-order valence-corrected chi connectivity index (χ4v) is 2.35. The number of hydrogen-bond acceptors (Lipinski definition) is 2. The van der Waals surface area contributed by atoms with Gasteiger partial charge in [0.1, 0.15) is 0 Å². The van der Waals surface area contributed by atoms with E-state index in [9.17, 15) is 0 Å². The third kappa shape index (κ3) is 7.24. The van der Waals surface area contributed by atoms with Gasteiger partial charge < -0.3 is 10.6 Å². The van der Waals surface area contributed by atoms with Crippen molar-refractivity contribution < 1.29 is 0 Å². The number of rotatable bonds is 7. The quantitative estimate of drug-likeness (QED) is 0.652. The van der Waals surface area contributed by atoms with E-state index in [0.29, 0.717) is 0 Å². The summed E-state index contributed by atoms with van der Waals surface area (Å²) in [6.07, 6.45) is 9.64. The summed E-state index contributed by atoms with van der Waals surface area (Å²) in [6.45, 7) is 8.21. The Morgan fingerprint density at radius 1 is 1.19 bits per heavy atom. The van der Waals surface area contributed by atoms with Crippen LogP contribution in [0.5, 0.6) is 0 Å². The first-order chi connectivity index (χ1) is 7.79. The van der Waals surface area contributed by atoms with Crippen LogP contribution in [0, 0.1) is 5.92 Å². The van der Waals surface area contributed by atoms with Gasteiger partial charge in [-0.2, -0.15) is 0 Å². The Kier molecular flexibility index (Phi) is 7.87. The molecule has 1 aliphatic rings. The molecule has 0 amide bonds. The summed E-state index contributed by atoms with van der Waals surface area (Å²) in [6, 6.07) is 0.729. The lowest BCUT2D eigenvalue weighted by atomic mass is 10.1. The van der Waals surface area contributed by atoms with E-state index in [0.717, 1.165) is 12.0 Å². The molecule has 2 N–H and O–H groups in total. The van der Waals surface area contributed by atoms with Gasteiger partial charge in [-0.3, -0.25) is 0 Å². The van der Waals surface area contributed by atoms with Crippen LogP contribution >= 0.6 is 0 Å². The lowest BCUT2D eigenvalue weighted by molar-refractivity contribution is 0.457. The predicted molar refractivity (Wildman–Crippen MR) is 71.8 cm³/mol. The fraction of sp³-hybridized carbons (Fsp3) is 1.00. The molecule has 1 atom stereocenters. The summed E-state index contributed by atoms with van der Waals surface area (Å²) < 4.78 is 0. The maximum Gasteiger partial charge on any atom is 0.0192 e. The van der Waals surface area contributed by atoms with E-state index in [1.54, 1.807) is 0 Å². The van der Waals surface area contributed by atoms with Gasteiger partial charge in [0.15, 0.2) is 0 Å². The van der Waals surface area contributed by atoms with Gasteiger partial charge >= 0.3 is 0 Å². The lowest BCUT2D eigenvalue weighted by Gasteiger charge is -2.16. The number of nitrogens with one attached hydrogen (secondary N) is 2. The molecule has 1 saturated heterocycles. The van der Waals surface area contributed by atoms with Crippen LogP contribution in [0.25, 0.3) is 0 Å². The summed E-state index contributed by atoms with van der Waals surface area (Å²) in [5.74, 6) is 0.864. The largest absolute Gasteiger partial charge is 0.315 e. The summed E-state index contributed by atoms with van der Waals surface area (Å²) in [5.41, 5.74) is 0. The zero-order valence-electron chi connectivity index (χ0n) is 11.2. The minimum absolute atomic E-state index is 0.729. The first kappa shape index (κ1) is 14.0. The molecule has 16 heavy (non-hydrogen) atoms. The Bertz CT molecular complexity index is 149. The minimum atomic E-state index is 0.729. The summed E-state index contributed by atoms with van der Waals surface area (Å²) >= 11 is 0. The van der Waals surface area contributed by atoms with Crippen LogP contribution < -0.4 is 10.6 Å². The Balaban J connectivity index is 1.89. The van der Waals surface area contributed by atoms with E-state index < -0.39 is 0 Å². The van der Waals surface area contributed by atoms with Crippen molar-refractivity contribution in [3.05, 3.63) is 0 Å². The molecule has 0 aromatic rings. The average molecular weight is 226 g/mol. The number of hydrogen-bond donors (Lipinski definition) is 2. The molecule has 0 saturated carbocycles. The summed E-state index contributed by atoms with van der Waals surface area (Å²) in [5, 5.41) is 7.22. The normalized spacial score (nSPS) is 22.3. The highest BCUT2D eigenvalue weighted by Crippen LogP contribution is 2.08. The molecular formula is C14H30N2. The molecule has 1 unspecified atom stereocenters. The van der Waals surface area contributed by atoms with E-state index >= 15 is 0 Å². The Labute approximate surface area is 102 Å². The highest BCUT2D eigenvalue weighted by molar-refractivity contribution is 4.72. The van der Waals surface area contributed by atoms with E-state index in [1.807, 2.05) is 0 Å². The Morgan fingerprint density at radius 3 is 2.88 bits per heavy atom. The van der Waals surface area contributed by atoms with E-state index in [1.165, 1.54) is 64.6 Å². The predicted octanol–water partition coefficient (Wildman–Crippen LogP) is 2.93. The second-order valence-corrected chi connectivity index (χ2v) is 5.59. The zero-order chi connectivity index (χ0) is 11.6. The van der Waals surface area contributed by atoms with Crippen molar-refractivity contribution in [2.24, 2.45) is 5.92 Å².